The smallest absolute Gasteiger partial charge is 0.224 e. The molecule has 0 radical (unpaired) electrons. The molecule has 1 saturated heterocycles. The molecule has 0 aliphatic carbocycles. The van der Waals surface area contributed by atoms with E-state index in [4.69, 9.17) is 4.74 Å². The molecule has 1 fully saturated rings. The minimum absolute atomic E-state index is 0.0616. The summed E-state index contributed by atoms with van der Waals surface area (Å²) < 4.78 is 7.22. The van der Waals surface area contributed by atoms with Crippen LogP contribution in [0.1, 0.15) is 29.8 Å². The summed E-state index contributed by atoms with van der Waals surface area (Å²) in [6.45, 7) is 6.08. The van der Waals surface area contributed by atoms with Crippen molar-refractivity contribution in [2.45, 2.75) is 33.1 Å². The topological polar surface area (TPSA) is 85.2 Å². The minimum atomic E-state index is -0.0616. The monoisotopic (exact) mass is 434 g/mol. The molecular formula is C24H30N6O2. The number of para-hydroxylation sites is 1. The first-order valence-electron chi connectivity index (χ1n) is 11.1. The number of aryl methyl sites for hydroxylation is 2. The zero-order chi connectivity index (χ0) is 22.5. The lowest BCUT2D eigenvalue weighted by Gasteiger charge is -2.33. The molecular weight excluding hydrogens is 404 g/mol. The Morgan fingerprint density at radius 1 is 1.19 bits per heavy atom. The Hall–Kier alpha value is -3.42. The third kappa shape index (κ3) is 4.90. The Morgan fingerprint density at radius 3 is 2.78 bits per heavy atom. The summed E-state index contributed by atoms with van der Waals surface area (Å²) in [5.41, 5.74) is 3.07. The van der Waals surface area contributed by atoms with Gasteiger partial charge in [-0.25, -0.2) is 14.6 Å². The number of benzene rings is 1. The van der Waals surface area contributed by atoms with Crippen molar-refractivity contribution in [3.8, 4) is 11.6 Å². The van der Waals surface area contributed by atoms with Gasteiger partial charge in [0.05, 0.1) is 18.7 Å². The predicted octanol–water partition coefficient (Wildman–Crippen LogP) is 2.86. The van der Waals surface area contributed by atoms with Crippen LogP contribution in [0.15, 0.2) is 42.7 Å². The lowest BCUT2D eigenvalue weighted by atomic mass is 9.97. The molecule has 0 bridgehead atoms. The van der Waals surface area contributed by atoms with E-state index in [9.17, 15) is 4.79 Å². The number of amides is 1. The van der Waals surface area contributed by atoms with Gasteiger partial charge in [-0.15, -0.1) is 0 Å². The summed E-state index contributed by atoms with van der Waals surface area (Å²) in [6, 6.07) is 11.9. The van der Waals surface area contributed by atoms with Gasteiger partial charge < -0.3 is 15.0 Å². The van der Waals surface area contributed by atoms with Crippen LogP contribution in [-0.4, -0.2) is 52.4 Å². The van der Waals surface area contributed by atoms with Crippen LogP contribution in [0.25, 0.3) is 5.82 Å². The maximum atomic E-state index is 12.8. The number of ether oxygens (including phenoxy) is 1. The van der Waals surface area contributed by atoms with E-state index in [2.05, 4.69) is 25.3 Å². The zero-order valence-corrected chi connectivity index (χ0v) is 18.9. The minimum Gasteiger partial charge on any atom is -0.496 e. The summed E-state index contributed by atoms with van der Waals surface area (Å²) in [6.07, 6.45) is 4.14. The molecule has 1 N–H and O–H groups in total. The van der Waals surface area contributed by atoms with Gasteiger partial charge in [-0.3, -0.25) is 4.79 Å². The first-order valence-corrected chi connectivity index (χ1v) is 11.1. The highest BCUT2D eigenvalue weighted by Crippen LogP contribution is 2.23. The predicted molar refractivity (Wildman–Crippen MR) is 123 cm³/mol. The number of nitrogens with zero attached hydrogens (tertiary/aromatic N) is 5. The van der Waals surface area contributed by atoms with Gasteiger partial charge in [-0.05, 0) is 50.8 Å². The summed E-state index contributed by atoms with van der Waals surface area (Å²) in [4.78, 5) is 23.9. The molecule has 1 aromatic carbocycles. The molecule has 1 atom stereocenters. The molecule has 2 aromatic heterocycles. The van der Waals surface area contributed by atoms with Crippen LogP contribution in [-0.2, 0) is 11.2 Å². The van der Waals surface area contributed by atoms with Gasteiger partial charge in [0.1, 0.15) is 17.9 Å². The Bertz CT molecular complexity index is 1080. The molecule has 0 saturated carbocycles. The molecule has 3 aromatic rings. The molecule has 1 amide bonds. The molecule has 3 heterocycles. The Kier molecular flexibility index (Phi) is 6.68. The number of anilines is 1. The van der Waals surface area contributed by atoms with Gasteiger partial charge in [0.15, 0.2) is 5.82 Å². The number of aromatic nitrogens is 4. The van der Waals surface area contributed by atoms with E-state index in [-0.39, 0.29) is 11.8 Å². The van der Waals surface area contributed by atoms with Gasteiger partial charge in [-0.1, -0.05) is 18.2 Å². The second-order valence-electron chi connectivity index (χ2n) is 8.21. The Morgan fingerprint density at radius 2 is 2.00 bits per heavy atom. The van der Waals surface area contributed by atoms with E-state index in [0.717, 1.165) is 60.1 Å². The molecule has 8 heteroatoms. The van der Waals surface area contributed by atoms with E-state index >= 15 is 0 Å². The number of hydrogen-bond acceptors (Lipinski definition) is 6. The molecule has 168 valence electrons. The van der Waals surface area contributed by atoms with Crippen LogP contribution in [0.5, 0.6) is 5.75 Å². The lowest BCUT2D eigenvalue weighted by Crippen LogP contribution is -2.43. The first-order chi connectivity index (χ1) is 15.5. The number of carbonyl (C=O) groups is 1. The number of nitrogens with one attached hydrogen (secondary N) is 1. The Labute approximate surface area is 188 Å². The standard InChI is InChI=1S/C24H30N6O2/c1-17-13-18(2)30(28-17)23-14-22(26-16-27-23)29-12-6-8-20(15-29)24(31)25-11-10-19-7-4-5-9-21(19)32-3/h4-5,7,9,13-14,16,20H,6,8,10-12,15H2,1-3H3,(H,25,31)/t20-/m1/s1. The van der Waals surface area contributed by atoms with Crippen molar-refractivity contribution in [3.05, 3.63) is 59.7 Å². The second-order valence-corrected chi connectivity index (χ2v) is 8.21. The van der Waals surface area contributed by atoms with E-state index < -0.39 is 0 Å². The highest BCUT2D eigenvalue weighted by molar-refractivity contribution is 5.79. The fourth-order valence-corrected chi connectivity index (χ4v) is 4.26. The van der Waals surface area contributed by atoms with E-state index in [1.807, 2.05) is 54.9 Å². The molecule has 1 aliphatic heterocycles. The average Bonchev–Trinajstić information content (AvgIpc) is 3.17. The quantitative estimate of drug-likeness (QED) is 0.616. The third-order valence-electron chi connectivity index (χ3n) is 5.87. The highest BCUT2D eigenvalue weighted by atomic mass is 16.5. The molecule has 8 nitrogen and oxygen atoms in total. The van der Waals surface area contributed by atoms with Crippen molar-refractivity contribution in [2.75, 3.05) is 31.6 Å². The SMILES string of the molecule is COc1ccccc1CCNC(=O)[C@@H]1CCCN(c2cc(-n3nc(C)cc3C)ncn2)C1. The Balaban J connectivity index is 1.37. The molecule has 0 unspecified atom stereocenters. The van der Waals surface area contributed by atoms with E-state index in [1.165, 1.54) is 0 Å². The molecule has 32 heavy (non-hydrogen) atoms. The summed E-state index contributed by atoms with van der Waals surface area (Å²) in [5.74, 6) is 2.46. The maximum Gasteiger partial charge on any atom is 0.224 e. The summed E-state index contributed by atoms with van der Waals surface area (Å²) in [5, 5.41) is 7.62. The maximum absolute atomic E-state index is 12.8. The van der Waals surface area contributed by atoms with Crippen LogP contribution in [0.4, 0.5) is 5.82 Å². The van der Waals surface area contributed by atoms with Crippen LogP contribution in [0.3, 0.4) is 0 Å². The average molecular weight is 435 g/mol. The van der Waals surface area contributed by atoms with Crippen molar-refractivity contribution in [2.24, 2.45) is 5.92 Å². The van der Waals surface area contributed by atoms with Gasteiger partial charge in [0.25, 0.3) is 0 Å². The third-order valence-corrected chi connectivity index (χ3v) is 5.87. The fraction of sp³-hybridized carbons (Fsp3) is 0.417. The summed E-state index contributed by atoms with van der Waals surface area (Å²) in [7, 11) is 1.67. The first kappa shape index (κ1) is 21.8. The summed E-state index contributed by atoms with van der Waals surface area (Å²) >= 11 is 0. The van der Waals surface area contributed by atoms with E-state index in [1.54, 1.807) is 13.4 Å². The van der Waals surface area contributed by atoms with Crippen LogP contribution >= 0.6 is 0 Å². The van der Waals surface area contributed by atoms with Crippen LogP contribution < -0.4 is 15.0 Å². The highest BCUT2D eigenvalue weighted by Gasteiger charge is 2.26. The fourth-order valence-electron chi connectivity index (χ4n) is 4.26. The number of methoxy groups -OCH3 is 1. The molecule has 4 rings (SSSR count). The van der Waals surface area contributed by atoms with Crippen LogP contribution in [0, 0.1) is 19.8 Å². The molecule has 1 aliphatic rings. The number of carbonyl (C=O) groups excluding carboxylic acids is 1. The van der Waals surface area contributed by atoms with Crippen molar-refractivity contribution in [1.82, 2.24) is 25.1 Å². The van der Waals surface area contributed by atoms with Crippen molar-refractivity contribution < 1.29 is 9.53 Å². The van der Waals surface area contributed by atoms with Gasteiger partial charge in [0.2, 0.25) is 5.91 Å². The normalized spacial score (nSPS) is 16.1. The van der Waals surface area contributed by atoms with Gasteiger partial charge >= 0.3 is 0 Å². The zero-order valence-electron chi connectivity index (χ0n) is 18.9. The largest absolute Gasteiger partial charge is 0.496 e. The number of hydrogen-bond donors (Lipinski definition) is 1. The van der Waals surface area contributed by atoms with Crippen molar-refractivity contribution in [1.29, 1.82) is 0 Å². The second kappa shape index (κ2) is 9.80. The van der Waals surface area contributed by atoms with Gasteiger partial charge in [-0.2, -0.15) is 5.10 Å². The van der Waals surface area contributed by atoms with Crippen LogP contribution in [0.2, 0.25) is 0 Å². The van der Waals surface area contributed by atoms with E-state index in [0.29, 0.717) is 13.1 Å². The lowest BCUT2D eigenvalue weighted by molar-refractivity contribution is -0.125. The van der Waals surface area contributed by atoms with Crippen molar-refractivity contribution in [3.63, 3.8) is 0 Å². The molecule has 0 spiro atoms. The van der Waals surface area contributed by atoms with Gasteiger partial charge in [0, 0.05) is 31.4 Å². The number of piperidine rings is 1. The van der Waals surface area contributed by atoms with Crippen molar-refractivity contribution >= 4 is 11.7 Å². The number of rotatable bonds is 7.